The summed E-state index contributed by atoms with van der Waals surface area (Å²) in [4.78, 5) is 16.9. The van der Waals surface area contributed by atoms with Crippen LogP contribution >= 0.6 is 0 Å². The van der Waals surface area contributed by atoms with Crippen molar-refractivity contribution in [1.29, 1.82) is 5.26 Å². The van der Waals surface area contributed by atoms with E-state index in [2.05, 4.69) is 16.3 Å². The van der Waals surface area contributed by atoms with Crippen LogP contribution in [0.25, 0.3) is 10.8 Å². The van der Waals surface area contributed by atoms with Gasteiger partial charge in [0.2, 0.25) is 0 Å². The first kappa shape index (κ1) is 19.4. The van der Waals surface area contributed by atoms with Gasteiger partial charge in [-0.05, 0) is 43.2 Å². The Bertz CT molecular complexity index is 984. The van der Waals surface area contributed by atoms with Crippen LogP contribution in [0.1, 0.15) is 11.1 Å². The van der Waals surface area contributed by atoms with Gasteiger partial charge in [0, 0.05) is 25.0 Å². The fraction of sp³-hybridized carbons (Fsp3) is 0.217. The second kappa shape index (κ2) is 9.03. The summed E-state index contributed by atoms with van der Waals surface area (Å²) in [6.07, 6.45) is 0. The average Bonchev–Trinajstić information content (AvgIpc) is 2.71. The molecule has 3 aromatic rings. The number of carbonyl (C=O) groups excluding carboxylic acids is 1. The maximum atomic E-state index is 13.0. The Morgan fingerprint density at radius 2 is 1.68 bits per heavy atom. The molecule has 5 heteroatoms. The van der Waals surface area contributed by atoms with Gasteiger partial charge in [-0.1, -0.05) is 48.5 Å². The van der Waals surface area contributed by atoms with Gasteiger partial charge in [-0.3, -0.25) is 0 Å². The minimum atomic E-state index is -0.137. The lowest BCUT2D eigenvalue weighted by molar-refractivity contribution is 0.202. The molecule has 0 atom stereocenters. The SMILES string of the molecule is CN(C)CCN(Cc1ccc(C#N)cc1)C(=O)Nc1cccc2ccccc12. The van der Waals surface area contributed by atoms with E-state index in [9.17, 15) is 4.79 Å². The van der Waals surface area contributed by atoms with Gasteiger partial charge in [0.15, 0.2) is 0 Å². The topological polar surface area (TPSA) is 59.4 Å². The molecule has 3 aromatic carbocycles. The first-order valence-electron chi connectivity index (χ1n) is 9.24. The Morgan fingerprint density at radius 3 is 2.39 bits per heavy atom. The Hall–Kier alpha value is -3.36. The highest BCUT2D eigenvalue weighted by atomic mass is 16.2. The summed E-state index contributed by atoms with van der Waals surface area (Å²) < 4.78 is 0. The number of amides is 2. The van der Waals surface area contributed by atoms with E-state index in [0.29, 0.717) is 18.7 Å². The van der Waals surface area contributed by atoms with Gasteiger partial charge in [0.05, 0.1) is 17.3 Å². The molecule has 0 radical (unpaired) electrons. The number of nitrogens with one attached hydrogen (secondary N) is 1. The molecule has 0 aliphatic rings. The first-order chi connectivity index (χ1) is 13.6. The minimum absolute atomic E-state index is 0.137. The summed E-state index contributed by atoms with van der Waals surface area (Å²) >= 11 is 0. The van der Waals surface area contributed by atoms with Crippen molar-refractivity contribution in [1.82, 2.24) is 9.80 Å². The van der Waals surface area contributed by atoms with Crippen molar-refractivity contribution in [3.63, 3.8) is 0 Å². The molecular weight excluding hydrogens is 348 g/mol. The molecule has 28 heavy (non-hydrogen) atoms. The second-order valence-corrected chi connectivity index (χ2v) is 6.99. The van der Waals surface area contributed by atoms with Gasteiger partial charge in [0.1, 0.15) is 0 Å². The van der Waals surface area contributed by atoms with E-state index in [-0.39, 0.29) is 6.03 Å². The van der Waals surface area contributed by atoms with Crippen LogP contribution in [-0.4, -0.2) is 43.0 Å². The lowest BCUT2D eigenvalue weighted by atomic mass is 10.1. The highest BCUT2D eigenvalue weighted by Crippen LogP contribution is 2.23. The molecule has 0 heterocycles. The van der Waals surface area contributed by atoms with Crippen molar-refractivity contribution < 1.29 is 4.79 Å². The fourth-order valence-corrected chi connectivity index (χ4v) is 3.01. The van der Waals surface area contributed by atoms with Crippen molar-refractivity contribution in [3.05, 3.63) is 77.9 Å². The van der Waals surface area contributed by atoms with Crippen LogP contribution in [0.4, 0.5) is 10.5 Å². The van der Waals surface area contributed by atoms with Crippen LogP contribution in [0.5, 0.6) is 0 Å². The molecule has 1 N–H and O–H groups in total. The van der Waals surface area contributed by atoms with Crippen molar-refractivity contribution in [2.75, 3.05) is 32.5 Å². The number of hydrogen-bond acceptors (Lipinski definition) is 3. The molecule has 2 amide bonds. The molecule has 0 spiro atoms. The number of likely N-dealkylation sites (N-methyl/N-ethyl adjacent to an activating group) is 1. The predicted octanol–water partition coefficient (Wildman–Crippen LogP) is 4.31. The highest BCUT2D eigenvalue weighted by molar-refractivity contribution is 6.01. The molecule has 0 fully saturated rings. The number of urea groups is 1. The van der Waals surface area contributed by atoms with E-state index in [1.807, 2.05) is 68.7 Å². The van der Waals surface area contributed by atoms with Gasteiger partial charge < -0.3 is 15.1 Å². The molecule has 0 aromatic heterocycles. The smallest absolute Gasteiger partial charge is 0.319 e. The number of carbonyl (C=O) groups is 1. The lowest BCUT2D eigenvalue weighted by Gasteiger charge is -2.25. The van der Waals surface area contributed by atoms with Crippen LogP contribution in [-0.2, 0) is 6.54 Å². The van der Waals surface area contributed by atoms with E-state index in [4.69, 9.17) is 5.26 Å². The molecule has 0 saturated carbocycles. The van der Waals surface area contributed by atoms with E-state index < -0.39 is 0 Å². The van der Waals surface area contributed by atoms with Crippen LogP contribution < -0.4 is 5.32 Å². The van der Waals surface area contributed by atoms with Gasteiger partial charge in [-0.15, -0.1) is 0 Å². The Labute approximate surface area is 165 Å². The zero-order valence-electron chi connectivity index (χ0n) is 16.2. The Balaban J connectivity index is 1.80. The minimum Gasteiger partial charge on any atom is -0.319 e. The average molecular weight is 372 g/mol. The summed E-state index contributed by atoms with van der Waals surface area (Å²) in [5, 5.41) is 14.1. The third kappa shape index (κ3) is 4.87. The molecule has 3 rings (SSSR count). The van der Waals surface area contributed by atoms with Gasteiger partial charge in [0.25, 0.3) is 0 Å². The number of nitrogens with zero attached hydrogens (tertiary/aromatic N) is 3. The second-order valence-electron chi connectivity index (χ2n) is 6.99. The van der Waals surface area contributed by atoms with Crippen molar-refractivity contribution >= 4 is 22.5 Å². The van der Waals surface area contributed by atoms with Gasteiger partial charge in [-0.2, -0.15) is 5.26 Å². The molecule has 0 saturated heterocycles. The van der Waals surface area contributed by atoms with Crippen LogP contribution in [0.2, 0.25) is 0 Å². The number of rotatable bonds is 6. The standard InChI is InChI=1S/C23H24N4O/c1-26(2)14-15-27(17-19-12-10-18(16-24)11-13-19)23(28)25-22-9-5-7-20-6-3-4-8-21(20)22/h3-13H,14-15,17H2,1-2H3,(H,25,28). The highest BCUT2D eigenvalue weighted by Gasteiger charge is 2.15. The number of nitriles is 1. The number of hydrogen-bond donors (Lipinski definition) is 1. The van der Waals surface area contributed by atoms with E-state index in [0.717, 1.165) is 28.6 Å². The Kier molecular flexibility index (Phi) is 6.25. The molecule has 0 unspecified atom stereocenters. The third-order valence-electron chi connectivity index (χ3n) is 4.59. The molecule has 0 bridgehead atoms. The van der Waals surface area contributed by atoms with Crippen molar-refractivity contribution in [3.8, 4) is 6.07 Å². The van der Waals surface area contributed by atoms with Crippen molar-refractivity contribution in [2.45, 2.75) is 6.54 Å². The third-order valence-corrected chi connectivity index (χ3v) is 4.59. The molecule has 0 aliphatic carbocycles. The first-order valence-corrected chi connectivity index (χ1v) is 9.24. The molecular formula is C23H24N4O. The van der Waals surface area contributed by atoms with Gasteiger partial charge >= 0.3 is 6.03 Å². The van der Waals surface area contributed by atoms with Crippen LogP contribution in [0.3, 0.4) is 0 Å². The largest absolute Gasteiger partial charge is 0.322 e. The van der Waals surface area contributed by atoms with Crippen molar-refractivity contribution in [2.24, 2.45) is 0 Å². The maximum absolute atomic E-state index is 13.0. The van der Waals surface area contributed by atoms with E-state index in [1.54, 1.807) is 17.0 Å². The molecule has 0 aliphatic heterocycles. The zero-order valence-corrected chi connectivity index (χ0v) is 16.2. The van der Waals surface area contributed by atoms with Crippen LogP contribution in [0, 0.1) is 11.3 Å². The summed E-state index contributed by atoms with van der Waals surface area (Å²) in [5.41, 5.74) is 2.41. The summed E-state index contributed by atoms with van der Waals surface area (Å²) in [6, 6.07) is 23.2. The monoisotopic (exact) mass is 372 g/mol. The quantitative estimate of drug-likeness (QED) is 0.701. The molecule has 142 valence electrons. The molecule has 5 nitrogen and oxygen atoms in total. The normalized spacial score (nSPS) is 10.6. The maximum Gasteiger partial charge on any atom is 0.322 e. The number of fused-ring (bicyclic) bond motifs is 1. The number of benzene rings is 3. The van der Waals surface area contributed by atoms with Crippen LogP contribution in [0.15, 0.2) is 66.7 Å². The fourth-order valence-electron chi connectivity index (χ4n) is 3.01. The van der Waals surface area contributed by atoms with E-state index in [1.165, 1.54) is 0 Å². The van der Waals surface area contributed by atoms with Gasteiger partial charge in [-0.25, -0.2) is 4.79 Å². The Morgan fingerprint density at radius 1 is 0.964 bits per heavy atom. The number of anilines is 1. The zero-order chi connectivity index (χ0) is 19.9. The predicted molar refractivity (Wildman–Crippen MR) is 113 cm³/mol. The summed E-state index contributed by atoms with van der Waals surface area (Å²) in [6.45, 7) is 1.85. The van der Waals surface area contributed by atoms with E-state index >= 15 is 0 Å². The summed E-state index contributed by atoms with van der Waals surface area (Å²) in [7, 11) is 3.98. The summed E-state index contributed by atoms with van der Waals surface area (Å²) in [5.74, 6) is 0. The lowest BCUT2D eigenvalue weighted by Crippen LogP contribution is -2.39.